The van der Waals surface area contributed by atoms with E-state index in [9.17, 15) is 0 Å². The zero-order chi connectivity index (χ0) is 11.0. The predicted molar refractivity (Wildman–Crippen MR) is 66.6 cm³/mol. The molecule has 0 saturated carbocycles. The van der Waals surface area contributed by atoms with Crippen molar-refractivity contribution in [3.63, 3.8) is 0 Å². The lowest BCUT2D eigenvalue weighted by molar-refractivity contribution is 0.0151. The van der Waals surface area contributed by atoms with Crippen LogP contribution in [-0.2, 0) is 11.2 Å². The van der Waals surface area contributed by atoms with E-state index in [-0.39, 0.29) is 6.23 Å². The van der Waals surface area contributed by atoms with Crippen molar-refractivity contribution in [1.29, 1.82) is 0 Å². The summed E-state index contributed by atoms with van der Waals surface area (Å²) >= 11 is 3.47. The molecule has 0 N–H and O–H groups in total. The van der Waals surface area contributed by atoms with Crippen LogP contribution in [0.2, 0.25) is 0 Å². The standard InChI is InChI=1S/C12H15BrN2O/c13-10-7-9-4-5-15(12(9)14-8-10)11-3-1-2-6-16-11/h7-8,11H,1-6H2/t11-/m0/s1. The van der Waals surface area contributed by atoms with Crippen LogP contribution in [0.4, 0.5) is 5.82 Å². The van der Waals surface area contributed by atoms with Crippen molar-refractivity contribution in [2.24, 2.45) is 0 Å². The average molecular weight is 283 g/mol. The first-order chi connectivity index (χ1) is 7.84. The van der Waals surface area contributed by atoms with E-state index >= 15 is 0 Å². The van der Waals surface area contributed by atoms with Crippen LogP contribution in [0.1, 0.15) is 24.8 Å². The molecule has 4 heteroatoms. The minimum Gasteiger partial charge on any atom is -0.358 e. The molecule has 0 aromatic carbocycles. The van der Waals surface area contributed by atoms with Gasteiger partial charge in [-0.05, 0) is 53.2 Å². The van der Waals surface area contributed by atoms with E-state index in [2.05, 4.69) is 31.9 Å². The summed E-state index contributed by atoms with van der Waals surface area (Å²) < 4.78 is 6.89. The van der Waals surface area contributed by atoms with Gasteiger partial charge < -0.3 is 9.64 Å². The van der Waals surface area contributed by atoms with E-state index in [1.807, 2.05) is 6.20 Å². The minimum atomic E-state index is 0.253. The largest absolute Gasteiger partial charge is 0.358 e. The molecule has 0 unspecified atom stereocenters. The number of hydrogen-bond acceptors (Lipinski definition) is 3. The Labute approximate surface area is 104 Å². The molecule has 0 aliphatic carbocycles. The van der Waals surface area contributed by atoms with Crippen LogP contribution in [0.3, 0.4) is 0 Å². The fraction of sp³-hybridized carbons (Fsp3) is 0.583. The molecule has 3 rings (SSSR count). The molecule has 0 radical (unpaired) electrons. The van der Waals surface area contributed by atoms with Crippen LogP contribution in [0.15, 0.2) is 16.7 Å². The Bertz CT molecular complexity index is 391. The molecule has 1 aromatic heterocycles. The Morgan fingerprint density at radius 2 is 2.38 bits per heavy atom. The Morgan fingerprint density at radius 1 is 1.44 bits per heavy atom. The van der Waals surface area contributed by atoms with Gasteiger partial charge in [0, 0.05) is 23.8 Å². The zero-order valence-corrected chi connectivity index (χ0v) is 10.7. The average Bonchev–Trinajstić information content (AvgIpc) is 2.73. The number of aromatic nitrogens is 1. The van der Waals surface area contributed by atoms with Gasteiger partial charge in [-0.25, -0.2) is 4.98 Å². The molecule has 3 nitrogen and oxygen atoms in total. The summed E-state index contributed by atoms with van der Waals surface area (Å²) in [6, 6.07) is 2.17. The molecule has 1 fully saturated rings. The van der Waals surface area contributed by atoms with E-state index in [0.717, 1.165) is 36.3 Å². The van der Waals surface area contributed by atoms with Crippen molar-refractivity contribution in [2.45, 2.75) is 31.9 Å². The molecule has 86 valence electrons. The van der Waals surface area contributed by atoms with Crippen LogP contribution in [0.25, 0.3) is 0 Å². The number of halogens is 1. The molecule has 0 bridgehead atoms. The molecule has 1 aromatic rings. The molecular weight excluding hydrogens is 268 g/mol. The van der Waals surface area contributed by atoms with Gasteiger partial charge in [0.25, 0.3) is 0 Å². The van der Waals surface area contributed by atoms with Crippen molar-refractivity contribution in [2.75, 3.05) is 18.1 Å². The highest BCUT2D eigenvalue weighted by atomic mass is 79.9. The predicted octanol–water partition coefficient (Wildman–Crippen LogP) is 2.73. The SMILES string of the molecule is Brc1cnc2c(c1)CCN2[C@@H]1CCCCO1. The first-order valence-corrected chi connectivity index (χ1v) is 6.66. The van der Waals surface area contributed by atoms with Crippen molar-refractivity contribution in [3.8, 4) is 0 Å². The molecule has 2 aliphatic heterocycles. The monoisotopic (exact) mass is 282 g/mol. The Morgan fingerprint density at radius 3 is 3.19 bits per heavy atom. The number of pyridine rings is 1. The van der Waals surface area contributed by atoms with Gasteiger partial charge in [-0.2, -0.15) is 0 Å². The summed E-state index contributed by atoms with van der Waals surface area (Å²) in [6.45, 7) is 1.94. The molecule has 0 spiro atoms. The summed E-state index contributed by atoms with van der Waals surface area (Å²) in [5, 5.41) is 0. The van der Waals surface area contributed by atoms with Gasteiger partial charge in [-0.1, -0.05) is 0 Å². The molecule has 1 saturated heterocycles. The first kappa shape index (κ1) is 10.5. The molecular formula is C12H15BrN2O. The number of anilines is 1. The van der Waals surface area contributed by atoms with Gasteiger partial charge in [-0.15, -0.1) is 0 Å². The topological polar surface area (TPSA) is 25.4 Å². The van der Waals surface area contributed by atoms with Crippen LogP contribution in [0.5, 0.6) is 0 Å². The summed E-state index contributed by atoms with van der Waals surface area (Å²) in [7, 11) is 0. The molecule has 0 amide bonds. The summed E-state index contributed by atoms with van der Waals surface area (Å²) in [5.41, 5.74) is 1.34. The lowest BCUT2D eigenvalue weighted by atomic mass is 10.2. The highest BCUT2D eigenvalue weighted by Crippen LogP contribution is 2.31. The highest BCUT2D eigenvalue weighted by Gasteiger charge is 2.29. The fourth-order valence-electron chi connectivity index (χ4n) is 2.51. The maximum atomic E-state index is 5.82. The van der Waals surface area contributed by atoms with Gasteiger partial charge in [0.05, 0.1) is 0 Å². The van der Waals surface area contributed by atoms with Crippen molar-refractivity contribution in [1.82, 2.24) is 4.98 Å². The Balaban J connectivity index is 1.84. The number of hydrogen-bond donors (Lipinski definition) is 0. The minimum absolute atomic E-state index is 0.253. The van der Waals surface area contributed by atoms with E-state index in [4.69, 9.17) is 4.74 Å². The second kappa shape index (κ2) is 4.34. The van der Waals surface area contributed by atoms with E-state index in [1.165, 1.54) is 18.4 Å². The fourth-order valence-corrected chi connectivity index (χ4v) is 2.89. The van der Waals surface area contributed by atoms with Crippen LogP contribution in [-0.4, -0.2) is 24.4 Å². The zero-order valence-electron chi connectivity index (χ0n) is 9.16. The van der Waals surface area contributed by atoms with Gasteiger partial charge in [0.1, 0.15) is 12.0 Å². The third-order valence-electron chi connectivity index (χ3n) is 3.31. The maximum Gasteiger partial charge on any atom is 0.133 e. The van der Waals surface area contributed by atoms with Gasteiger partial charge in [0.2, 0.25) is 0 Å². The van der Waals surface area contributed by atoms with Crippen molar-refractivity contribution in [3.05, 3.63) is 22.3 Å². The summed E-state index contributed by atoms with van der Waals surface area (Å²) in [6.07, 6.45) is 6.82. The number of ether oxygens (including phenoxy) is 1. The van der Waals surface area contributed by atoms with E-state index in [0.29, 0.717) is 0 Å². The highest BCUT2D eigenvalue weighted by molar-refractivity contribution is 9.10. The van der Waals surface area contributed by atoms with Crippen LogP contribution >= 0.6 is 15.9 Å². The summed E-state index contributed by atoms with van der Waals surface area (Å²) in [5.74, 6) is 1.12. The van der Waals surface area contributed by atoms with Gasteiger partial charge >= 0.3 is 0 Å². The number of nitrogens with zero attached hydrogens (tertiary/aromatic N) is 2. The van der Waals surface area contributed by atoms with E-state index in [1.54, 1.807) is 0 Å². The third-order valence-corrected chi connectivity index (χ3v) is 3.74. The summed E-state index contributed by atoms with van der Waals surface area (Å²) in [4.78, 5) is 6.83. The second-order valence-electron chi connectivity index (χ2n) is 4.40. The van der Waals surface area contributed by atoms with Crippen LogP contribution in [0, 0.1) is 0 Å². The molecule has 3 heterocycles. The van der Waals surface area contributed by atoms with E-state index < -0.39 is 0 Å². The lowest BCUT2D eigenvalue weighted by Crippen LogP contribution is -2.38. The smallest absolute Gasteiger partial charge is 0.133 e. The van der Waals surface area contributed by atoms with Crippen LogP contribution < -0.4 is 4.90 Å². The number of fused-ring (bicyclic) bond motifs is 1. The van der Waals surface area contributed by atoms with Gasteiger partial charge in [0.15, 0.2) is 0 Å². The quantitative estimate of drug-likeness (QED) is 0.792. The third kappa shape index (κ3) is 1.84. The lowest BCUT2D eigenvalue weighted by Gasteiger charge is -2.32. The second-order valence-corrected chi connectivity index (χ2v) is 5.32. The van der Waals surface area contributed by atoms with Gasteiger partial charge in [-0.3, -0.25) is 0 Å². The molecule has 16 heavy (non-hydrogen) atoms. The Kier molecular flexibility index (Phi) is 2.86. The molecule has 1 atom stereocenters. The Hall–Kier alpha value is -0.610. The van der Waals surface area contributed by atoms with Crippen molar-refractivity contribution < 1.29 is 4.74 Å². The first-order valence-electron chi connectivity index (χ1n) is 5.87. The number of rotatable bonds is 1. The van der Waals surface area contributed by atoms with Crippen molar-refractivity contribution >= 4 is 21.7 Å². The normalized spacial score (nSPS) is 24.6. The maximum absolute atomic E-state index is 5.82. The molecule has 2 aliphatic rings.